The summed E-state index contributed by atoms with van der Waals surface area (Å²) in [5, 5.41) is 5.13. The van der Waals surface area contributed by atoms with Gasteiger partial charge in [0, 0.05) is 11.3 Å². The Balaban J connectivity index is 1.58. The normalized spacial score (nSPS) is 12.3. The van der Waals surface area contributed by atoms with Gasteiger partial charge in [-0.2, -0.15) is 0 Å². The van der Waals surface area contributed by atoms with Crippen LogP contribution in [0.15, 0.2) is 66.7 Å². The molecule has 0 aliphatic carbocycles. The molecule has 0 aromatic heterocycles. The van der Waals surface area contributed by atoms with Crippen LogP contribution in [0.5, 0.6) is 5.75 Å². The van der Waals surface area contributed by atoms with E-state index in [4.69, 9.17) is 10.5 Å². The van der Waals surface area contributed by atoms with Crippen LogP contribution in [0.25, 0.3) is 0 Å². The summed E-state index contributed by atoms with van der Waals surface area (Å²) < 4.78 is 5.16. The van der Waals surface area contributed by atoms with E-state index in [9.17, 15) is 19.2 Å². The Labute approximate surface area is 182 Å². The Morgan fingerprint density at radius 1 is 0.875 bits per heavy atom. The van der Waals surface area contributed by atoms with Crippen LogP contribution < -0.4 is 26.0 Å². The van der Waals surface area contributed by atoms with Crippen LogP contribution in [0, 0.1) is 0 Å². The predicted octanol–water partition coefficient (Wildman–Crippen LogP) is 3.24. The molecule has 32 heavy (non-hydrogen) atoms. The van der Waals surface area contributed by atoms with Gasteiger partial charge in [0.15, 0.2) is 0 Å². The topological polar surface area (TPSA) is 131 Å². The average Bonchev–Trinajstić information content (AvgIpc) is 3.04. The number of rotatable bonds is 5. The van der Waals surface area contributed by atoms with E-state index in [1.165, 1.54) is 19.2 Å². The number of fused-ring (bicyclic) bond motifs is 1. The second-order valence-electron chi connectivity index (χ2n) is 6.90. The molecule has 0 atom stereocenters. The number of benzene rings is 3. The molecule has 160 valence electrons. The molecule has 0 saturated heterocycles. The average molecular weight is 430 g/mol. The quantitative estimate of drug-likeness (QED) is 0.535. The van der Waals surface area contributed by atoms with Crippen LogP contribution in [0.1, 0.15) is 31.1 Å². The van der Waals surface area contributed by atoms with Crippen LogP contribution in [0.4, 0.5) is 21.9 Å². The molecule has 4 N–H and O–H groups in total. The molecule has 5 amide bonds. The number of amides is 5. The van der Waals surface area contributed by atoms with Crippen LogP contribution in [-0.4, -0.2) is 30.9 Å². The number of urea groups is 1. The van der Waals surface area contributed by atoms with E-state index in [0.29, 0.717) is 22.6 Å². The zero-order chi connectivity index (χ0) is 22.8. The molecule has 9 heteroatoms. The van der Waals surface area contributed by atoms with Crippen molar-refractivity contribution in [3.8, 4) is 5.75 Å². The first-order valence-corrected chi connectivity index (χ1v) is 9.53. The molecule has 3 aromatic rings. The van der Waals surface area contributed by atoms with Crippen molar-refractivity contribution in [3.05, 3.63) is 83.4 Å². The van der Waals surface area contributed by atoms with E-state index in [0.717, 1.165) is 4.90 Å². The number of primary amides is 1. The number of imide groups is 1. The van der Waals surface area contributed by atoms with Crippen molar-refractivity contribution in [2.45, 2.75) is 0 Å². The minimum Gasteiger partial charge on any atom is -0.495 e. The minimum atomic E-state index is -0.777. The van der Waals surface area contributed by atoms with Crippen molar-refractivity contribution < 1.29 is 23.9 Å². The number of carbonyl (C=O) groups is 4. The first kappa shape index (κ1) is 20.6. The monoisotopic (exact) mass is 430 g/mol. The summed E-state index contributed by atoms with van der Waals surface area (Å²) in [5.41, 5.74) is 7.00. The van der Waals surface area contributed by atoms with E-state index >= 15 is 0 Å². The van der Waals surface area contributed by atoms with Gasteiger partial charge >= 0.3 is 6.03 Å². The lowest BCUT2D eigenvalue weighted by atomic mass is 10.1. The van der Waals surface area contributed by atoms with Gasteiger partial charge in [0.1, 0.15) is 5.75 Å². The fraction of sp³-hybridized carbons (Fsp3) is 0.0435. The Bertz CT molecular complexity index is 1240. The fourth-order valence-corrected chi connectivity index (χ4v) is 3.43. The summed E-state index contributed by atoms with van der Waals surface area (Å²) in [6.07, 6.45) is 0. The number of nitrogens with one attached hydrogen (secondary N) is 2. The van der Waals surface area contributed by atoms with E-state index in [-0.39, 0.29) is 16.9 Å². The zero-order valence-electron chi connectivity index (χ0n) is 16.9. The van der Waals surface area contributed by atoms with Gasteiger partial charge in [-0.3, -0.25) is 14.4 Å². The van der Waals surface area contributed by atoms with Gasteiger partial charge in [0.2, 0.25) is 0 Å². The van der Waals surface area contributed by atoms with Crippen LogP contribution >= 0.6 is 0 Å². The Kier molecular flexibility index (Phi) is 5.30. The number of anilines is 3. The third-order valence-electron chi connectivity index (χ3n) is 4.88. The van der Waals surface area contributed by atoms with E-state index in [1.54, 1.807) is 54.6 Å². The number of methoxy groups -OCH3 is 1. The number of hydrogen-bond acceptors (Lipinski definition) is 5. The molecular formula is C23H18N4O5. The largest absolute Gasteiger partial charge is 0.495 e. The van der Waals surface area contributed by atoms with Gasteiger partial charge in [0.05, 0.1) is 29.6 Å². The maximum Gasteiger partial charge on any atom is 0.316 e. The summed E-state index contributed by atoms with van der Waals surface area (Å²) in [6, 6.07) is 16.6. The van der Waals surface area contributed by atoms with Crippen LogP contribution in [0.2, 0.25) is 0 Å². The van der Waals surface area contributed by atoms with Crippen LogP contribution in [0.3, 0.4) is 0 Å². The second-order valence-corrected chi connectivity index (χ2v) is 6.90. The molecule has 0 fully saturated rings. The van der Waals surface area contributed by atoms with Crippen molar-refractivity contribution in [1.82, 2.24) is 0 Å². The summed E-state index contributed by atoms with van der Waals surface area (Å²) in [7, 11) is 1.44. The fourth-order valence-electron chi connectivity index (χ4n) is 3.43. The molecule has 0 saturated carbocycles. The van der Waals surface area contributed by atoms with E-state index in [1.807, 2.05) is 0 Å². The molecule has 1 aliphatic heterocycles. The Hall–Kier alpha value is -4.66. The predicted molar refractivity (Wildman–Crippen MR) is 118 cm³/mol. The molecule has 4 rings (SSSR count). The van der Waals surface area contributed by atoms with Crippen molar-refractivity contribution >= 4 is 40.8 Å². The van der Waals surface area contributed by atoms with Crippen molar-refractivity contribution in [1.29, 1.82) is 0 Å². The maximum absolute atomic E-state index is 12.8. The Morgan fingerprint density at radius 2 is 1.56 bits per heavy atom. The van der Waals surface area contributed by atoms with E-state index in [2.05, 4.69) is 10.6 Å². The molecule has 1 heterocycles. The lowest BCUT2D eigenvalue weighted by molar-refractivity contribution is 0.0924. The summed E-state index contributed by atoms with van der Waals surface area (Å²) >= 11 is 0. The molecule has 3 aromatic carbocycles. The van der Waals surface area contributed by atoms with Crippen molar-refractivity contribution in [3.63, 3.8) is 0 Å². The van der Waals surface area contributed by atoms with Gasteiger partial charge in [-0.1, -0.05) is 18.2 Å². The molecule has 0 unspecified atom stereocenters. The van der Waals surface area contributed by atoms with Gasteiger partial charge < -0.3 is 21.1 Å². The SMILES string of the molecule is COc1ccc(NC(=O)c2cccc(N3C(=O)c4ccccc4C3=O)c2)cc1NC(N)=O. The molecule has 1 aliphatic rings. The highest BCUT2D eigenvalue weighted by molar-refractivity contribution is 6.34. The number of ether oxygens (including phenoxy) is 1. The molecular weight excluding hydrogens is 412 g/mol. The minimum absolute atomic E-state index is 0.235. The maximum atomic E-state index is 12.8. The number of nitrogens with two attached hydrogens (primary N) is 1. The number of nitrogens with zero attached hydrogens (tertiary/aromatic N) is 1. The number of hydrogen-bond donors (Lipinski definition) is 3. The van der Waals surface area contributed by atoms with E-state index < -0.39 is 23.8 Å². The van der Waals surface area contributed by atoms with Crippen LogP contribution in [-0.2, 0) is 0 Å². The molecule has 0 spiro atoms. The standard InChI is InChI=1S/C23H18N4O5/c1-32-19-10-9-14(12-18(19)26-23(24)31)25-20(28)13-5-4-6-15(11-13)27-21(29)16-7-2-3-8-17(16)22(27)30/h2-12H,1H3,(H,25,28)(H3,24,26,31). The van der Waals surface area contributed by atoms with Gasteiger partial charge in [0.25, 0.3) is 17.7 Å². The highest BCUT2D eigenvalue weighted by atomic mass is 16.5. The summed E-state index contributed by atoms with van der Waals surface area (Å²) in [4.78, 5) is 50.5. The number of carbonyl (C=O) groups excluding carboxylic acids is 4. The highest BCUT2D eigenvalue weighted by Gasteiger charge is 2.36. The summed E-state index contributed by atoms with van der Waals surface area (Å²) in [6.45, 7) is 0. The summed E-state index contributed by atoms with van der Waals surface area (Å²) in [5.74, 6) is -0.992. The highest BCUT2D eigenvalue weighted by Crippen LogP contribution is 2.30. The first-order valence-electron chi connectivity index (χ1n) is 9.53. The second kappa shape index (κ2) is 8.23. The first-order chi connectivity index (χ1) is 15.4. The molecule has 9 nitrogen and oxygen atoms in total. The molecule has 0 radical (unpaired) electrons. The van der Waals surface area contributed by atoms with Gasteiger partial charge in [-0.05, 0) is 48.5 Å². The van der Waals surface area contributed by atoms with Crippen molar-refractivity contribution in [2.24, 2.45) is 5.73 Å². The lowest BCUT2D eigenvalue weighted by Gasteiger charge is -2.15. The molecule has 0 bridgehead atoms. The lowest BCUT2D eigenvalue weighted by Crippen LogP contribution is -2.29. The smallest absolute Gasteiger partial charge is 0.316 e. The third-order valence-corrected chi connectivity index (χ3v) is 4.88. The Morgan fingerprint density at radius 3 is 2.19 bits per heavy atom. The zero-order valence-corrected chi connectivity index (χ0v) is 16.9. The van der Waals surface area contributed by atoms with Crippen molar-refractivity contribution in [2.75, 3.05) is 22.6 Å². The van der Waals surface area contributed by atoms with Gasteiger partial charge in [-0.15, -0.1) is 0 Å². The van der Waals surface area contributed by atoms with Gasteiger partial charge in [-0.25, -0.2) is 9.69 Å². The third kappa shape index (κ3) is 3.74.